The van der Waals surface area contributed by atoms with E-state index in [2.05, 4.69) is 14.8 Å². The number of hydrogen-bond acceptors (Lipinski definition) is 6. The summed E-state index contributed by atoms with van der Waals surface area (Å²) >= 11 is 1.41. The number of thioether (sulfide) groups is 1. The first-order chi connectivity index (χ1) is 11.5. The van der Waals surface area contributed by atoms with Crippen molar-refractivity contribution in [3.05, 3.63) is 5.82 Å². The molecule has 0 saturated carbocycles. The summed E-state index contributed by atoms with van der Waals surface area (Å²) in [4.78, 5) is 14.3. The molecule has 0 spiro atoms. The van der Waals surface area contributed by atoms with Crippen LogP contribution in [-0.2, 0) is 27.6 Å². The van der Waals surface area contributed by atoms with E-state index in [4.69, 9.17) is 0 Å². The van der Waals surface area contributed by atoms with E-state index in [9.17, 15) is 13.2 Å². The van der Waals surface area contributed by atoms with E-state index in [0.717, 1.165) is 36.8 Å². The van der Waals surface area contributed by atoms with Gasteiger partial charge in [0.1, 0.15) is 5.82 Å². The minimum atomic E-state index is -2.99. The number of aromatic nitrogens is 3. The third kappa shape index (κ3) is 3.93. The highest BCUT2D eigenvalue weighted by molar-refractivity contribution is 7.99. The number of carbonyl (C=O) groups is 1. The summed E-state index contributed by atoms with van der Waals surface area (Å²) in [7, 11) is -2.99. The zero-order valence-corrected chi connectivity index (χ0v) is 15.6. The second kappa shape index (κ2) is 7.43. The van der Waals surface area contributed by atoms with Crippen molar-refractivity contribution in [3.63, 3.8) is 0 Å². The molecule has 0 aliphatic carbocycles. The van der Waals surface area contributed by atoms with Crippen LogP contribution in [0.2, 0.25) is 0 Å². The van der Waals surface area contributed by atoms with Gasteiger partial charge in [-0.25, -0.2) is 8.42 Å². The lowest BCUT2D eigenvalue weighted by molar-refractivity contribution is -0.129. The summed E-state index contributed by atoms with van der Waals surface area (Å²) < 4.78 is 25.4. The molecule has 0 unspecified atom stereocenters. The van der Waals surface area contributed by atoms with Crippen molar-refractivity contribution in [2.24, 2.45) is 0 Å². The highest BCUT2D eigenvalue weighted by atomic mass is 32.2. The molecule has 134 valence electrons. The summed E-state index contributed by atoms with van der Waals surface area (Å²) in [6, 6.07) is -0.177. The van der Waals surface area contributed by atoms with Gasteiger partial charge in [0, 0.05) is 25.6 Å². The van der Waals surface area contributed by atoms with Crippen molar-refractivity contribution in [1.82, 2.24) is 19.7 Å². The Balaban J connectivity index is 1.61. The smallest absolute Gasteiger partial charge is 0.233 e. The van der Waals surface area contributed by atoms with Gasteiger partial charge in [0.15, 0.2) is 15.0 Å². The molecule has 0 N–H and O–H groups in total. The van der Waals surface area contributed by atoms with Crippen LogP contribution in [0.15, 0.2) is 5.16 Å². The largest absolute Gasteiger partial charge is 0.338 e. The predicted molar refractivity (Wildman–Crippen MR) is 92.7 cm³/mol. The fourth-order valence-electron chi connectivity index (χ4n) is 3.43. The molecule has 1 saturated heterocycles. The Bertz CT molecular complexity index is 702. The average Bonchev–Trinajstić information content (AvgIpc) is 3.00. The summed E-state index contributed by atoms with van der Waals surface area (Å²) in [6.45, 7) is 3.35. The SMILES string of the molecule is CCN(C(=O)CSc1nnc2n1CCCCC2)[C@@H]1CCS(=O)(=O)C1. The molecule has 1 aromatic heterocycles. The fraction of sp³-hybridized carbons (Fsp3) is 0.800. The van der Waals surface area contributed by atoms with Crippen LogP contribution in [0.3, 0.4) is 0 Å². The first-order valence-corrected chi connectivity index (χ1v) is 11.4. The van der Waals surface area contributed by atoms with Gasteiger partial charge in [-0.15, -0.1) is 10.2 Å². The summed E-state index contributed by atoms with van der Waals surface area (Å²) in [5, 5.41) is 9.27. The fourth-order valence-corrected chi connectivity index (χ4v) is 6.03. The molecular weight excluding hydrogens is 348 g/mol. The average molecular weight is 373 g/mol. The maximum Gasteiger partial charge on any atom is 0.233 e. The van der Waals surface area contributed by atoms with Gasteiger partial charge in [-0.1, -0.05) is 18.2 Å². The van der Waals surface area contributed by atoms with Crippen molar-refractivity contribution < 1.29 is 13.2 Å². The lowest BCUT2D eigenvalue weighted by Crippen LogP contribution is -2.42. The van der Waals surface area contributed by atoms with Gasteiger partial charge >= 0.3 is 0 Å². The van der Waals surface area contributed by atoms with Crippen LogP contribution in [0.25, 0.3) is 0 Å². The lowest BCUT2D eigenvalue weighted by Gasteiger charge is -2.26. The Hall–Kier alpha value is -1.09. The van der Waals surface area contributed by atoms with E-state index in [1.54, 1.807) is 4.90 Å². The van der Waals surface area contributed by atoms with Crippen LogP contribution < -0.4 is 0 Å². The monoisotopic (exact) mass is 372 g/mol. The Morgan fingerprint density at radius 3 is 2.88 bits per heavy atom. The standard InChI is InChI=1S/C15H24N4O3S2/c1-2-18(12-7-9-24(21,22)11-12)14(20)10-23-15-17-16-13-6-4-3-5-8-19(13)15/h12H,2-11H2,1H3/t12-/m1/s1. The molecule has 9 heteroatoms. The molecule has 1 fully saturated rings. The Kier molecular flexibility index (Phi) is 5.49. The van der Waals surface area contributed by atoms with Gasteiger partial charge in [0.2, 0.25) is 5.91 Å². The van der Waals surface area contributed by atoms with Gasteiger partial charge in [0.05, 0.1) is 17.3 Å². The highest BCUT2D eigenvalue weighted by Crippen LogP contribution is 2.23. The van der Waals surface area contributed by atoms with Gasteiger partial charge in [0.25, 0.3) is 0 Å². The zero-order valence-electron chi connectivity index (χ0n) is 14.0. The van der Waals surface area contributed by atoms with Crippen LogP contribution in [0, 0.1) is 0 Å². The van der Waals surface area contributed by atoms with E-state index >= 15 is 0 Å². The molecule has 0 bridgehead atoms. The van der Waals surface area contributed by atoms with E-state index in [1.807, 2.05) is 6.92 Å². The van der Waals surface area contributed by atoms with Crippen LogP contribution >= 0.6 is 11.8 Å². The van der Waals surface area contributed by atoms with Gasteiger partial charge in [-0.3, -0.25) is 4.79 Å². The molecule has 0 aromatic carbocycles. The molecule has 0 radical (unpaired) electrons. The number of sulfone groups is 1. The first-order valence-electron chi connectivity index (χ1n) is 8.55. The molecule has 2 aliphatic heterocycles. The third-order valence-electron chi connectivity index (χ3n) is 4.71. The quantitative estimate of drug-likeness (QED) is 0.721. The van der Waals surface area contributed by atoms with Gasteiger partial charge < -0.3 is 9.47 Å². The second-order valence-corrected chi connectivity index (χ2v) is 9.56. The van der Waals surface area contributed by atoms with Crippen LogP contribution in [-0.4, -0.2) is 63.8 Å². The van der Waals surface area contributed by atoms with Crippen molar-refractivity contribution >= 4 is 27.5 Å². The minimum Gasteiger partial charge on any atom is -0.338 e. The lowest BCUT2D eigenvalue weighted by atomic mass is 10.2. The summed E-state index contributed by atoms with van der Waals surface area (Å²) in [6.07, 6.45) is 4.96. The zero-order chi connectivity index (χ0) is 17.2. The Labute approximate surface area is 147 Å². The van der Waals surface area contributed by atoms with E-state index in [0.29, 0.717) is 13.0 Å². The second-order valence-electron chi connectivity index (χ2n) is 6.39. The highest BCUT2D eigenvalue weighted by Gasteiger charge is 2.33. The van der Waals surface area contributed by atoms with E-state index in [1.165, 1.54) is 18.2 Å². The third-order valence-corrected chi connectivity index (χ3v) is 7.41. The summed E-state index contributed by atoms with van der Waals surface area (Å²) in [5.74, 6) is 1.55. The van der Waals surface area contributed by atoms with Crippen LogP contribution in [0.4, 0.5) is 0 Å². The minimum absolute atomic E-state index is 0.0180. The van der Waals surface area contributed by atoms with Crippen molar-refractivity contribution in [1.29, 1.82) is 0 Å². The number of carbonyl (C=O) groups excluding carboxylic acids is 1. The van der Waals surface area contributed by atoms with E-state index in [-0.39, 0.29) is 29.2 Å². The van der Waals surface area contributed by atoms with Gasteiger partial charge in [-0.05, 0) is 26.2 Å². The number of hydrogen-bond donors (Lipinski definition) is 0. The number of amides is 1. The maximum atomic E-state index is 12.6. The predicted octanol–water partition coefficient (Wildman–Crippen LogP) is 1.13. The molecule has 1 amide bonds. The molecule has 3 rings (SSSR count). The van der Waals surface area contributed by atoms with Gasteiger partial charge in [-0.2, -0.15) is 0 Å². The number of fused-ring (bicyclic) bond motifs is 1. The van der Waals surface area contributed by atoms with Crippen molar-refractivity contribution in [2.45, 2.75) is 56.8 Å². The maximum absolute atomic E-state index is 12.6. The molecule has 24 heavy (non-hydrogen) atoms. The van der Waals surface area contributed by atoms with E-state index < -0.39 is 9.84 Å². The molecular formula is C15H24N4O3S2. The number of nitrogens with zero attached hydrogens (tertiary/aromatic N) is 4. The van der Waals surface area contributed by atoms with Crippen LogP contribution in [0.1, 0.15) is 38.4 Å². The number of rotatable bonds is 5. The summed E-state index contributed by atoms with van der Waals surface area (Å²) in [5.41, 5.74) is 0. The Morgan fingerprint density at radius 1 is 1.33 bits per heavy atom. The van der Waals surface area contributed by atoms with Crippen molar-refractivity contribution in [3.8, 4) is 0 Å². The molecule has 1 atom stereocenters. The first kappa shape index (κ1) is 17.7. The Morgan fingerprint density at radius 2 is 2.17 bits per heavy atom. The normalized spacial score (nSPS) is 22.8. The molecule has 1 aromatic rings. The molecule has 3 heterocycles. The molecule has 7 nitrogen and oxygen atoms in total. The number of aryl methyl sites for hydroxylation is 1. The van der Waals surface area contributed by atoms with Crippen LogP contribution in [0.5, 0.6) is 0 Å². The molecule has 2 aliphatic rings. The topological polar surface area (TPSA) is 85.2 Å². The van der Waals surface area contributed by atoms with Crippen molar-refractivity contribution in [2.75, 3.05) is 23.8 Å².